The average molecular weight is 651 g/mol. The highest BCUT2D eigenvalue weighted by molar-refractivity contribution is 6.19. The van der Waals surface area contributed by atoms with Crippen LogP contribution in [-0.2, 0) is 0 Å². The van der Waals surface area contributed by atoms with E-state index in [0.29, 0.717) is 0 Å². The van der Waals surface area contributed by atoms with E-state index < -0.39 is 0 Å². The minimum Gasteiger partial charge on any atom is -0.456 e. The molecule has 11 aromatic rings. The van der Waals surface area contributed by atoms with Gasteiger partial charge in [-0.25, -0.2) is 0 Å². The van der Waals surface area contributed by atoms with Crippen molar-refractivity contribution in [1.29, 1.82) is 0 Å². The zero-order chi connectivity index (χ0) is 33.5. The van der Waals surface area contributed by atoms with Gasteiger partial charge in [0, 0.05) is 43.7 Å². The van der Waals surface area contributed by atoms with Crippen LogP contribution in [0.5, 0.6) is 0 Å². The van der Waals surface area contributed by atoms with Gasteiger partial charge in [-0.2, -0.15) is 0 Å². The second-order valence-electron chi connectivity index (χ2n) is 13.4. The first-order chi connectivity index (χ1) is 25.3. The monoisotopic (exact) mass is 650 g/mol. The highest BCUT2D eigenvalue weighted by atomic mass is 16.3. The zero-order valence-corrected chi connectivity index (χ0v) is 27.6. The van der Waals surface area contributed by atoms with E-state index in [1.165, 1.54) is 65.9 Å². The minimum absolute atomic E-state index is 0.904. The van der Waals surface area contributed by atoms with Gasteiger partial charge in [-0.3, -0.25) is 0 Å². The molecule has 0 aliphatic heterocycles. The Hall–Kier alpha value is -6.84. The van der Waals surface area contributed by atoms with Crippen molar-refractivity contribution in [1.82, 2.24) is 9.13 Å². The van der Waals surface area contributed by atoms with Crippen LogP contribution in [-0.4, -0.2) is 9.13 Å². The summed E-state index contributed by atoms with van der Waals surface area (Å²) in [6.07, 6.45) is 0. The first-order valence-electron chi connectivity index (χ1n) is 17.4. The van der Waals surface area contributed by atoms with Gasteiger partial charge in [0.2, 0.25) is 0 Å². The van der Waals surface area contributed by atoms with E-state index in [2.05, 4.69) is 179 Å². The highest BCUT2D eigenvalue weighted by Gasteiger charge is 2.19. The lowest BCUT2D eigenvalue weighted by Crippen LogP contribution is -1.95. The Labute approximate surface area is 293 Å². The molecule has 0 saturated heterocycles. The fourth-order valence-corrected chi connectivity index (χ4v) is 8.15. The van der Waals surface area contributed by atoms with Crippen LogP contribution in [0.3, 0.4) is 0 Å². The van der Waals surface area contributed by atoms with Crippen molar-refractivity contribution in [2.45, 2.75) is 0 Å². The number of para-hydroxylation sites is 3. The van der Waals surface area contributed by atoms with Crippen molar-refractivity contribution in [2.24, 2.45) is 0 Å². The van der Waals surface area contributed by atoms with E-state index in [1.54, 1.807) is 0 Å². The van der Waals surface area contributed by atoms with Gasteiger partial charge in [-0.1, -0.05) is 115 Å². The average Bonchev–Trinajstić information content (AvgIpc) is 3.84. The molecular weight excluding hydrogens is 621 g/mol. The van der Waals surface area contributed by atoms with Crippen LogP contribution < -0.4 is 0 Å². The molecule has 8 aromatic carbocycles. The fraction of sp³-hybridized carbons (Fsp3) is 0. The van der Waals surface area contributed by atoms with Gasteiger partial charge in [-0.15, -0.1) is 0 Å². The van der Waals surface area contributed by atoms with Crippen molar-refractivity contribution in [3.8, 4) is 33.6 Å². The smallest absolute Gasteiger partial charge is 0.135 e. The maximum atomic E-state index is 6.19. The van der Waals surface area contributed by atoms with Crippen LogP contribution in [0.25, 0.3) is 99.2 Å². The first-order valence-corrected chi connectivity index (χ1v) is 17.4. The van der Waals surface area contributed by atoms with Gasteiger partial charge < -0.3 is 13.6 Å². The first kappa shape index (κ1) is 28.0. The van der Waals surface area contributed by atoms with Crippen LogP contribution in [0.1, 0.15) is 0 Å². The summed E-state index contributed by atoms with van der Waals surface area (Å²) in [6, 6.07) is 65.6. The van der Waals surface area contributed by atoms with Gasteiger partial charge in [0.05, 0.1) is 22.1 Å². The molecule has 0 N–H and O–H groups in total. The quantitative estimate of drug-likeness (QED) is 0.186. The molecule has 0 spiro atoms. The Kier molecular flexibility index (Phi) is 5.96. The third kappa shape index (κ3) is 4.25. The van der Waals surface area contributed by atoms with Crippen molar-refractivity contribution >= 4 is 65.6 Å². The summed E-state index contributed by atoms with van der Waals surface area (Å²) >= 11 is 0. The zero-order valence-electron chi connectivity index (χ0n) is 27.6. The van der Waals surface area contributed by atoms with E-state index in [1.807, 2.05) is 12.1 Å². The molecule has 0 atom stereocenters. The minimum atomic E-state index is 0.904. The van der Waals surface area contributed by atoms with Gasteiger partial charge in [-0.05, 0) is 89.0 Å². The Morgan fingerprint density at radius 2 is 0.784 bits per heavy atom. The molecule has 0 radical (unpaired) electrons. The van der Waals surface area contributed by atoms with Gasteiger partial charge in [0.15, 0.2) is 0 Å². The molecule has 51 heavy (non-hydrogen) atoms. The molecule has 0 unspecified atom stereocenters. The molecular formula is C48H30N2O. The predicted octanol–water partition coefficient (Wildman–Crippen LogP) is 13.1. The number of furan rings is 1. The van der Waals surface area contributed by atoms with Crippen LogP contribution in [0.2, 0.25) is 0 Å². The molecule has 0 amide bonds. The second kappa shape index (κ2) is 10.8. The normalized spacial score (nSPS) is 11.9. The largest absolute Gasteiger partial charge is 0.456 e. The summed E-state index contributed by atoms with van der Waals surface area (Å²) in [5.74, 6) is 0. The molecule has 3 heterocycles. The molecule has 3 heteroatoms. The van der Waals surface area contributed by atoms with E-state index >= 15 is 0 Å². The molecule has 0 fully saturated rings. The summed E-state index contributed by atoms with van der Waals surface area (Å²) < 4.78 is 11.0. The number of fused-ring (bicyclic) bond motifs is 9. The number of hydrogen-bond acceptors (Lipinski definition) is 1. The molecule has 11 rings (SSSR count). The van der Waals surface area contributed by atoms with Crippen LogP contribution in [0.4, 0.5) is 0 Å². The van der Waals surface area contributed by atoms with Gasteiger partial charge >= 0.3 is 0 Å². The third-order valence-electron chi connectivity index (χ3n) is 10.5. The van der Waals surface area contributed by atoms with Gasteiger partial charge in [0.1, 0.15) is 11.2 Å². The number of hydrogen-bond donors (Lipinski definition) is 0. The summed E-state index contributed by atoms with van der Waals surface area (Å²) in [7, 11) is 0. The highest BCUT2D eigenvalue weighted by Crippen LogP contribution is 2.41. The molecule has 238 valence electrons. The van der Waals surface area contributed by atoms with Crippen LogP contribution in [0, 0.1) is 0 Å². The number of nitrogens with zero attached hydrogens (tertiary/aromatic N) is 2. The summed E-state index contributed by atoms with van der Waals surface area (Å²) in [6.45, 7) is 0. The molecule has 3 nitrogen and oxygen atoms in total. The lowest BCUT2D eigenvalue weighted by molar-refractivity contribution is 0.669. The number of aromatic nitrogens is 2. The predicted molar refractivity (Wildman–Crippen MR) is 213 cm³/mol. The Bertz CT molecular complexity index is 3120. The topological polar surface area (TPSA) is 23.0 Å². The lowest BCUT2D eigenvalue weighted by Gasteiger charge is -2.11. The van der Waals surface area contributed by atoms with Crippen molar-refractivity contribution in [2.75, 3.05) is 0 Å². The van der Waals surface area contributed by atoms with Crippen molar-refractivity contribution in [3.63, 3.8) is 0 Å². The Morgan fingerprint density at radius 1 is 0.275 bits per heavy atom. The van der Waals surface area contributed by atoms with E-state index in [4.69, 9.17) is 4.42 Å². The van der Waals surface area contributed by atoms with E-state index in [9.17, 15) is 0 Å². The summed E-state index contributed by atoms with van der Waals surface area (Å²) in [4.78, 5) is 0. The Morgan fingerprint density at radius 3 is 1.47 bits per heavy atom. The number of rotatable bonds is 4. The van der Waals surface area contributed by atoms with E-state index in [-0.39, 0.29) is 0 Å². The van der Waals surface area contributed by atoms with Crippen LogP contribution in [0.15, 0.2) is 186 Å². The fourth-order valence-electron chi connectivity index (χ4n) is 8.15. The second-order valence-corrected chi connectivity index (χ2v) is 13.4. The van der Waals surface area contributed by atoms with Crippen LogP contribution >= 0.6 is 0 Å². The molecule has 0 aliphatic rings. The lowest BCUT2D eigenvalue weighted by atomic mass is 9.99. The van der Waals surface area contributed by atoms with Gasteiger partial charge in [0.25, 0.3) is 0 Å². The number of benzene rings is 8. The van der Waals surface area contributed by atoms with E-state index in [0.717, 1.165) is 33.3 Å². The maximum absolute atomic E-state index is 6.19. The molecule has 0 bridgehead atoms. The molecule has 0 aliphatic carbocycles. The maximum Gasteiger partial charge on any atom is 0.135 e. The van der Waals surface area contributed by atoms with Crippen molar-refractivity contribution in [3.05, 3.63) is 182 Å². The third-order valence-corrected chi connectivity index (χ3v) is 10.5. The standard InChI is InChI=1S/C48H30N2O/c1-2-11-31(12-3-1)33-13-10-14-34(27-33)32-21-23-35(24-22-32)49-43-18-7-4-15-37(43)40-30-46-41(29-45(40)49)38-16-5-8-19-44(38)50(46)36-25-26-48-42(28-36)39-17-6-9-20-47(39)51-48/h1-30H. The SMILES string of the molecule is c1ccc(-c2cccc(-c3ccc(-n4c5ccccc5c5cc6c(cc54)c4ccccc4n6-c4ccc5oc6ccccc6c5c4)cc3)c2)cc1. The summed E-state index contributed by atoms with van der Waals surface area (Å²) in [5.41, 5.74) is 13.7. The van der Waals surface area contributed by atoms with Crippen molar-refractivity contribution < 1.29 is 4.42 Å². The Balaban J connectivity index is 1.11. The molecule has 3 aromatic heterocycles. The summed E-state index contributed by atoms with van der Waals surface area (Å²) in [5, 5.41) is 7.20. The molecule has 0 saturated carbocycles.